The minimum atomic E-state index is -0.0738. The molecule has 3 aliphatic rings. The van der Waals surface area contributed by atoms with Gasteiger partial charge in [-0.05, 0) is 37.5 Å². The molecule has 4 rings (SSSR count). The Morgan fingerprint density at radius 2 is 2.18 bits per heavy atom. The van der Waals surface area contributed by atoms with Crippen LogP contribution >= 0.6 is 0 Å². The van der Waals surface area contributed by atoms with Crippen LogP contribution in [0.4, 0.5) is 0 Å². The minimum Gasteiger partial charge on any atom is -0.381 e. The number of carbonyl (C=O) groups is 1. The van der Waals surface area contributed by atoms with Crippen LogP contribution in [0.3, 0.4) is 0 Å². The van der Waals surface area contributed by atoms with E-state index in [0.717, 1.165) is 32.0 Å². The molecule has 1 aromatic rings. The maximum Gasteiger partial charge on any atom is 0.292 e. The summed E-state index contributed by atoms with van der Waals surface area (Å²) in [5.74, 6) is 1.52. The van der Waals surface area contributed by atoms with Gasteiger partial charge in [0.2, 0.25) is 5.76 Å². The van der Waals surface area contributed by atoms with Crippen molar-refractivity contribution >= 4 is 5.91 Å². The van der Waals surface area contributed by atoms with Crippen LogP contribution in [-0.2, 0) is 9.47 Å². The molecule has 120 valence electrons. The molecule has 2 saturated carbocycles. The number of carbonyl (C=O) groups excluding carboxylic acids is 1. The first kappa shape index (κ1) is 14.2. The molecule has 0 radical (unpaired) electrons. The molecule has 1 amide bonds. The Bertz CT molecular complexity index is 514. The number of morpholine rings is 1. The van der Waals surface area contributed by atoms with Crippen LogP contribution < -0.4 is 0 Å². The highest BCUT2D eigenvalue weighted by atomic mass is 16.5. The molecule has 22 heavy (non-hydrogen) atoms. The topological polar surface area (TPSA) is 64.8 Å². The minimum absolute atomic E-state index is 0.0738. The summed E-state index contributed by atoms with van der Waals surface area (Å²) in [7, 11) is 0. The fraction of sp³-hybridized carbons (Fsp3) is 0.750. The van der Waals surface area contributed by atoms with Crippen molar-refractivity contribution < 1.29 is 18.8 Å². The summed E-state index contributed by atoms with van der Waals surface area (Å²) < 4.78 is 16.7. The van der Waals surface area contributed by atoms with Crippen LogP contribution in [0.2, 0.25) is 0 Å². The average Bonchev–Trinajstić information content (AvgIpc) is 3.04. The molecule has 6 heteroatoms. The van der Waals surface area contributed by atoms with E-state index in [1.807, 2.05) is 4.90 Å². The first-order chi connectivity index (χ1) is 10.8. The lowest BCUT2D eigenvalue weighted by molar-refractivity contribution is -0.0460. The Balaban J connectivity index is 1.36. The molecule has 3 atom stereocenters. The summed E-state index contributed by atoms with van der Waals surface area (Å²) >= 11 is 0. The number of aromatic nitrogens is 1. The number of fused-ring (bicyclic) bond motifs is 1. The van der Waals surface area contributed by atoms with E-state index < -0.39 is 0 Å². The molecular weight excluding hydrogens is 284 g/mol. The van der Waals surface area contributed by atoms with Gasteiger partial charge in [-0.3, -0.25) is 4.79 Å². The van der Waals surface area contributed by atoms with Gasteiger partial charge in [0, 0.05) is 25.8 Å². The number of hydrogen-bond acceptors (Lipinski definition) is 5. The van der Waals surface area contributed by atoms with Gasteiger partial charge in [0.25, 0.3) is 5.91 Å². The Hall–Kier alpha value is -1.40. The zero-order chi connectivity index (χ0) is 14.9. The van der Waals surface area contributed by atoms with Crippen molar-refractivity contribution in [2.45, 2.75) is 37.8 Å². The fourth-order valence-electron chi connectivity index (χ4n) is 3.59. The second-order valence-corrected chi connectivity index (χ2v) is 6.67. The number of amides is 1. The Morgan fingerprint density at radius 1 is 1.32 bits per heavy atom. The zero-order valence-electron chi connectivity index (χ0n) is 12.6. The van der Waals surface area contributed by atoms with Crippen molar-refractivity contribution in [2.24, 2.45) is 11.8 Å². The summed E-state index contributed by atoms with van der Waals surface area (Å²) in [5.41, 5.74) is 0. The lowest BCUT2D eigenvalue weighted by Gasteiger charge is -2.37. The molecule has 1 saturated heterocycles. The number of hydrogen-bond donors (Lipinski definition) is 0. The second-order valence-electron chi connectivity index (χ2n) is 6.67. The monoisotopic (exact) mass is 306 g/mol. The van der Waals surface area contributed by atoms with E-state index in [1.54, 1.807) is 6.07 Å². The molecular formula is C16H22N2O4. The van der Waals surface area contributed by atoms with Gasteiger partial charge in [-0.15, -0.1) is 0 Å². The van der Waals surface area contributed by atoms with Crippen molar-refractivity contribution in [3.8, 4) is 0 Å². The van der Waals surface area contributed by atoms with Gasteiger partial charge in [-0.1, -0.05) is 5.16 Å². The highest BCUT2D eigenvalue weighted by Crippen LogP contribution is 2.36. The van der Waals surface area contributed by atoms with Gasteiger partial charge in [-0.25, -0.2) is 0 Å². The molecule has 6 nitrogen and oxygen atoms in total. The molecule has 0 aromatic carbocycles. The quantitative estimate of drug-likeness (QED) is 0.829. The van der Waals surface area contributed by atoms with Gasteiger partial charge < -0.3 is 18.9 Å². The first-order valence-electron chi connectivity index (χ1n) is 8.22. The molecule has 0 bridgehead atoms. The van der Waals surface area contributed by atoms with E-state index in [4.69, 9.17) is 14.0 Å². The van der Waals surface area contributed by atoms with Gasteiger partial charge >= 0.3 is 0 Å². The van der Waals surface area contributed by atoms with E-state index in [-0.39, 0.29) is 18.1 Å². The van der Waals surface area contributed by atoms with E-state index in [2.05, 4.69) is 5.16 Å². The summed E-state index contributed by atoms with van der Waals surface area (Å²) in [6, 6.07) is 1.76. The third-order valence-electron chi connectivity index (χ3n) is 4.95. The SMILES string of the molecule is O=C(c1ccno1)N1CCO[C@@H]2C[C@H](COCC3CC3)C[C@H]21. The predicted octanol–water partition coefficient (Wildman–Crippen LogP) is 1.72. The molecule has 1 aromatic heterocycles. The van der Waals surface area contributed by atoms with E-state index in [0.29, 0.717) is 24.8 Å². The summed E-state index contributed by atoms with van der Waals surface area (Å²) in [6.45, 7) is 2.90. The van der Waals surface area contributed by atoms with Gasteiger partial charge in [0.15, 0.2) is 0 Å². The van der Waals surface area contributed by atoms with Gasteiger partial charge in [-0.2, -0.15) is 0 Å². The van der Waals surface area contributed by atoms with Crippen LogP contribution in [-0.4, -0.2) is 54.5 Å². The molecule has 0 unspecified atom stereocenters. The lowest BCUT2D eigenvalue weighted by Crippen LogP contribution is -2.51. The Morgan fingerprint density at radius 3 is 2.95 bits per heavy atom. The summed E-state index contributed by atoms with van der Waals surface area (Å²) in [4.78, 5) is 14.4. The van der Waals surface area contributed by atoms with E-state index in [1.165, 1.54) is 19.0 Å². The van der Waals surface area contributed by atoms with Crippen LogP contribution in [0.1, 0.15) is 36.2 Å². The molecule has 0 N–H and O–H groups in total. The largest absolute Gasteiger partial charge is 0.381 e. The van der Waals surface area contributed by atoms with E-state index in [9.17, 15) is 4.79 Å². The number of nitrogens with zero attached hydrogens (tertiary/aromatic N) is 2. The fourth-order valence-corrected chi connectivity index (χ4v) is 3.59. The Kier molecular flexibility index (Phi) is 3.88. The second kappa shape index (κ2) is 6.01. The standard InChI is InChI=1S/C16H22N2O4/c19-16(14-3-4-17-22-14)18-5-6-21-15-8-12(7-13(15)18)10-20-9-11-1-2-11/h3-4,11-13,15H,1-2,5-10H2/t12-,13-,15-/m1/s1. The predicted molar refractivity (Wildman–Crippen MR) is 77.3 cm³/mol. The average molecular weight is 306 g/mol. The maximum atomic E-state index is 12.5. The zero-order valence-corrected chi connectivity index (χ0v) is 12.6. The normalized spacial score (nSPS) is 31.3. The lowest BCUT2D eigenvalue weighted by atomic mass is 10.1. The highest BCUT2D eigenvalue weighted by Gasteiger charge is 2.43. The molecule has 2 aliphatic carbocycles. The van der Waals surface area contributed by atoms with E-state index >= 15 is 0 Å². The van der Waals surface area contributed by atoms with Crippen molar-refractivity contribution in [1.82, 2.24) is 10.1 Å². The molecule has 1 aliphatic heterocycles. The summed E-state index contributed by atoms with van der Waals surface area (Å²) in [5, 5.41) is 3.63. The molecule has 3 fully saturated rings. The van der Waals surface area contributed by atoms with Gasteiger partial charge in [0.1, 0.15) is 0 Å². The third kappa shape index (κ3) is 2.90. The highest BCUT2D eigenvalue weighted by molar-refractivity contribution is 5.91. The maximum absolute atomic E-state index is 12.5. The number of ether oxygens (including phenoxy) is 2. The first-order valence-corrected chi connectivity index (χ1v) is 8.22. The Labute approximate surface area is 129 Å². The van der Waals surface area contributed by atoms with Crippen LogP contribution in [0.5, 0.6) is 0 Å². The smallest absolute Gasteiger partial charge is 0.292 e. The van der Waals surface area contributed by atoms with Gasteiger partial charge in [0.05, 0.1) is 24.9 Å². The van der Waals surface area contributed by atoms with Crippen LogP contribution in [0.15, 0.2) is 16.8 Å². The molecule has 2 heterocycles. The molecule has 0 spiro atoms. The van der Waals surface area contributed by atoms with Crippen LogP contribution in [0, 0.1) is 11.8 Å². The van der Waals surface area contributed by atoms with Crippen molar-refractivity contribution in [1.29, 1.82) is 0 Å². The van der Waals surface area contributed by atoms with Crippen molar-refractivity contribution in [3.05, 3.63) is 18.0 Å². The van der Waals surface area contributed by atoms with Crippen LogP contribution in [0.25, 0.3) is 0 Å². The van der Waals surface area contributed by atoms with Crippen molar-refractivity contribution in [3.63, 3.8) is 0 Å². The number of rotatable bonds is 5. The third-order valence-corrected chi connectivity index (χ3v) is 4.95. The van der Waals surface area contributed by atoms with Crippen molar-refractivity contribution in [2.75, 3.05) is 26.4 Å². The summed E-state index contributed by atoms with van der Waals surface area (Å²) in [6.07, 6.45) is 6.21.